The highest BCUT2D eigenvalue weighted by atomic mass is 31.1. The van der Waals surface area contributed by atoms with E-state index < -0.39 is 0 Å². The molecule has 1 nitrogen and oxygen atoms in total. The van der Waals surface area contributed by atoms with Gasteiger partial charge in [-0.05, 0) is 27.6 Å². The molecule has 0 heterocycles. The third-order valence-corrected chi connectivity index (χ3v) is 2.38. The first kappa shape index (κ1) is 10.8. The highest BCUT2D eigenvalue weighted by molar-refractivity contribution is 7.58. The number of hydrogen-bond donors (Lipinski definition) is 0. The van der Waals surface area contributed by atoms with Gasteiger partial charge in [-0.15, -0.1) is 0 Å². The normalized spacial score (nSPS) is 11.8. The van der Waals surface area contributed by atoms with Crippen molar-refractivity contribution in [3.8, 4) is 0 Å². The fourth-order valence-corrected chi connectivity index (χ4v) is 1.68. The summed E-state index contributed by atoms with van der Waals surface area (Å²) in [6.07, 6.45) is 8.00. The SMILES string of the molecule is CC/C=C\CPC(=O)CCC. The Bertz CT molecular complexity index is 130. The Labute approximate surface area is 71.0 Å². The Kier molecular flexibility index (Phi) is 7.83. The lowest BCUT2D eigenvalue weighted by Crippen LogP contribution is -1.87. The lowest BCUT2D eigenvalue weighted by atomic mass is 10.4. The molecule has 0 rings (SSSR count). The molecule has 0 saturated carbocycles. The van der Waals surface area contributed by atoms with Gasteiger partial charge in [-0.2, -0.15) is 0 Å². The van der Waals surface area contributed by atoms with E-state index in [0.29, 0.717) is 14.1 Å². The quantitative estimate of drug-likeness (QED) is 0.444. The molecule has 0 N–H and O–H groups in total. The van der Waals surface area contributed by atoms with Crippen molar-refractivity contribution >= 4 is 14.1 Å². The van der Waals surface area contributed by atoms with Crippen molar-refractivity contribution in [3.63, 3.8) is 0 Å². The Morgan fingerprint density at radius 2 is 2.09 bits per heavy atom. The zero-order valence-corrected chi connectivity index (χ0v) is 8.39. The van der Waals surface area contributed by atoms with Gasteiger partial charge >= 0.3 is 0 Å². The molecule has 0 spiro atoms. The summed E-state index contributed by atoms with van der Waals surface area (Å²) in [5, 5.41) is 0. The summed E-state index contributed by atoms with van der Waals surface area (Å²) in [4.78, 5) is 11.0. The second kappa shape index (κ2) is 7.94. The van der Waals surface area contributed by atoms with Gasteiger partial charge in [0, 0.05) is 6.42 Å². The van der Waals surface area contributed by atoms with Crippen LogP contribution in [0.25, 0.3) is 0 Å². The van der Waals surface area contributed by atoms with Gasteiger partial charge in [-0.1, -0.05) is 26.0 Å². The van der Waals surface area contributed by atoms with E-state index in [1.54, 1.807) is 0 Å². The minimum Gasteiger partial charge on any atom is -0.295 e. The summed E-state index contributed by atoms with van der Waals surface area (Å²) in [7, 11) is 0.497. The first-order valence-corrected chi connectivity index (χ1v) is 5.43. The Hall–Kier alpha value is -0.160. The van der Waals surface area contributed by atoms with Gasteiger partial charge in [0.1, 0.15) is 0 Å². The Morgan fingerprint density at radius 3 is 2.64 bits per heavy atom. The van der Waals surface area contributed by atoms with Crippen LogP contribution >= 0.6 is 8.58 Å². The number of carbonyl (C=O) groups is 1. The average molecular weight is 172 g/mol. The van der Waals surface area contributed by atoms with Crippen molar-refractivity contribution < 1.29 is 4.79 Å². The van der Waals surface area contributed by atoms with E-state index in [0.717, 1.165) is 25.4 Å². The first-order chi connectivity index (χ1) is 5.31. The molecule has 64 valence electrons. The average Bonchev–Trinajstić information content (AvgIpc) is 1.99. The third kappa shape index (κ3) is 7.74. The van der Waals surface area contributed by atoms with Crippen LogP contribution < -0.4 is 0 Å². The van der Waals surface area contributed by atoms with E-state index in [2.05, 4.69) is 19.1 Å². The fraction of sp³-hybridized carbons (Fsp3) is 0.667. The molecule has 1 atom stereocenters. The number of hydrogen-bond acceptors (Lipinski definition) is 1. The van der Waals surface area contributed by atoms with Crippen molar-refractivity contribution in [1.82, 2.24) is 0 Å². The standard InChI is InChI=1S/C9H17OP/c1-3-5-6-8-11-9(10)7-4-2/h5-6,11H,3-4,7-8H2,1-2H3/b6-5-. The molecule has 0 aromatic carbocycles. The lowest BCUT2D eigenvalue weighted by Gasteiger charge is -1.93. The van der Waals surface area contributed by atoms with Crippen LogP contribution in [0.5, 0.6) is 0 Å². The fourth-order valence-electron chi connectivity index (χ4n) is 0.738. The summed E-state index contributed by atoms with van der Waals surface area (Å²) in [5.41, 5.74) is 0.424. The van der Waals surface area contributed by atoms with E-state index >= 15 is 0 Å². The number of rotatable bonds is 6. The molecule has 0 fully saturated rings. The first-order valence-electron chi connectivity index (χ1n) is 4.23. The van der Waals surface area contributed by atoms with E-state index in [1.165, 1.54) is 0 Å². The van der Waals surface area contributed by atoms with E-state index in [9.17, 15) is 4.79 Å². The molecule has 0 saturated heterocycles. The summed E-state index contributed by atoms with van der Waals surface area (Å²) in [6.45, 7) is 4.15. The van der Waals surface area contributed by atoms with Gasteiger partial charge in [-0.3, -0.25) is 4.79 Å². The highest BCUT2D eigenvalue weighted by Crippen LogP contribution is 2.14. The molecule has 0 bridgehead atoms. The van der Waals surface area contributed by atoms with Crippen LogP contribution in [-0.4, -0.2) is 11.7 Å². The second-order valence-corrected chi connectivity index (χ2v) is 3.75. The summed E-state index contributed by atoms with van der Waals surface area (Å²) >= 11 is 0. The van der Waals surface area contributed by atoms with Gasteiger partial charge in [-0.25, -0.2) is 0 Å². The third-order valence-electron chi connectivity index (χ3n) is 1.30. The molecule has 0 radical (unpaired) electrons. The summed E-state index contributed by atoms with van der Waals surface area (Å²) in [5.74, 6) is 0. The Morgan fingerprint density at radius 1 is 1.36 bits per heavy atom. The molecule has 0 aliphatic rings. The Balaban J connectivity index is 3.24. The maximum atomic E-state index is 11.0. The predicted molar refractivity (Wildman–Crippen MR) is 52.5 cm³/mol. The van der Waals surface area contributed by atoms with Gasteiger partial charge in [0.05, 0.1) is 0 Å². The molecular formula is C9H17OP. The lowest BCUT2D eigenvalue weighted by molar-refractivity contribution is -0.111. The minimum atomic E-state index is 0.424. The van der Waals surface area contributed by atoms with E-state index in [1.807, 2.05) is 6.92 Å². The molecule has 0 aromatic heterocycles. The molecule has 2 heteroatoms. The maximum absolute atomic E-state index is 11.0. The molecule has 1 unspecified atom stereocenters. The zero-order valence-electron chi connectivity index (χ0n) is 7.39. The summed E-state index contributed by atoms with van der Waals surface area (Å²) in [6, 6.07) is 0. The van der Waals surface area contributed by atoms with Crippen LogP contribution in [0.1, 0.15) is 33.1 Å². The molecular weight excluding hydrogens is 155 g/mol. The van der Waals surface area contributed by atoms with Crippen molar-refractivity contribution in [1.29, 1.82) is 0 Å². The van der Waals surface area contributed by atoms with Crippen LogP contribution in [0.15, 0.2) is 12.2 Å². The van der Waals surface area contributed by atoms with Crippen LogP contribution in [0.3, 0.4) is 0 Å². The molecule has 0 aromatic rings. The summed E-state index contributed by atoms with van der Waals surface area (Å²) < 4.78 is 0. The largest absolute Gasteiger partial charge is 0.295 e. The van der Waals surface area contributed by atoms with Crippen molar-refractivity contribution in [2.75, 3.05) is 6.16 Å². The van der Waals surface area contributed by atoms with Crippen LogP contribution in [0, 0.1) is 0 Å². The van der Waals surface area contributed by atoms with Crippen molar-refractivity contribution in [2.45, 2.75) is 33.1 Å². The molecule has 0 aliphatic carbocycles. The highest BCUT2D eigenvalue weighted by Gasteiger charge is 1.95. The molecule has 0 amide bonds. The van der Waals surface area contributed by atoms with Gasteiger partial charge in [0.15, 0.2) is 5.52 Å². The zero-order chi connectivity index (χ0) is 8.53. The molecule has 0 aliphatic heterocycles. The second-order valence-electron chi connectivity index (χ2n) is 2.43. The van der Waals surface area contributed by atoms with E-state index in [4.69, 9.17) is 0 Å². The maximum Gasteiger partial charge on any atom is 0.151 e. The monoisotopic (exact) mass is 172 g/mol. The van der Waals surface area contributed by atoms with Crippen LogP contribution in [-0.2, 0) is 4.79 Å². The smallest absolute Gasteiger partial charge is 0.151 e. The number of carbonyl (C=O) groups excluding carboxylic acids is 1. The van der Waals surface area contributed by atoms with Gasteiger partial charge in [0.25, 0.3) is 0 Å². The van der Waals surface area contributed by atoms with Gasteiger partial charge in [0.2, 0.25) is 0 Å². The minimum absolute atomic E-state index is 0.424. The van der Waals surface area contributed by atoms with Gasteiger partial charge < -0.3 is 0 Å². The van der Waals surface area contributed by atoms with Crippen LogP contribution in [0.4, 0.5) is 0 Å². The molecule has 11 heavy (non-hydrogen) atoms. The number of allylic oxidation sites excluding steroid dienone is 2. The topological polar surface area (TPSA) is 17.1 Å². The van der Waals surface area contributed by atoms with E-state index in [-0.39, 0.29) is 0 Å². The predicted octanol–water partition coefficient (Wildman–Crippen LogP) is 2.96. The van der Waals surface area contributed by atoms with Crippen LogP contribution in [0.2, 0.25) is 0 Å². The van der Waals surface area contributed by atoms with Crippen molar-refractivity contribution in [3.05, 3.63) is 12.2 Å². The van der Waals surface area contributed by atoms with Crippen molar-refractivity contribution in [2.24, 2.45) is 0 Å².